The summed E-state index contributed by atoms with van der Waals surface area (Å²) in [6.45, 7) is 2.46. The van der Waals surface area contributed by atoms with Crippen molar-refractivity contribution in [3.05, 3.63) is 70.8 Å². The fourth-order valence-corrected chi connectivity index (χ4v) is 5.25. The SMILES string of the molecule is O=C1NN(OCc2ccc(C(=O)N3CCNCC3C(=O)C3CCCCC3)cc2)Cc2ccccc21. The number of rotatable bonds is 6. The number of amides is 2. The first kappa shape index (κ1) is 23.7. The maximum atomic E-state index is 13.3. The molecule has 0 spiro atoms. The average molecular weight is 477 g/mol. The summed E-state index contributed by atoms with van der Waals surface area (Å²) < 4.78 is 0. The third kappa shape index (κ3) is 5.29. The van der Waals surface area contributed by atoms with Crippen molar-refractivity contribution < 1.29 is 19.2 Å². The highest BCUT2D eigenvalue weighted by molar-refractivity contribution is 5.99. The molecule has 2 aromatic carbocycles. The van der Waals surface area contributed by atoms with Crippen LogP contribution in [0.4, 0.5) is 0 Å². The lowest BCUT2D eigenvalue weighted by atomic mass is 9.83. The van der Waals surface area contributed by atoms with E-state index < -0.39 is 6.04 Å². The maximum Gasteiger partial charge on any atom is 0.267 e. The summed E-state index contributed by atoms with van der Waals surface area (Å²) in [6.07, 6.45) is 5.27. The summed E-state index contributed by atoms with van der Waals surface area (Å²) in [5.41, 5.74) is 5.74. The van der Waals surface area contributed by atoms with E-state index in [1.807, 2.05) is 30.3 Å². The van der Waals surface area contributed by atoms with Crippen LogP contribution >= 0.6 is 0 Å². The largest absolute Gasteiger partial charge is 0.326 e. The van der Waals surface area contributed by atoms with Gasteiger partial charge in [-0.05, 0) is 42.2 Å². The Morgan fingerprint density at radius 2 is 1.77 bits per heavy atom. The summed E-state index contributed by atoms with van der Waals surface area (Å²) in [7, 11) is 0. The van der Waals surface area contributed by atoms with Crippen molar-refractivity contribution in [2.24, 2.45) is 5.92 Å². The van der Waals surface area contributed by atoms with Crippen molar-refractivity contribution in [2.75, 3.05) is 19.6 Å². The molecule has 35 heavy (non-hydrogen) atoms. The molecular formula is C27H32N4O4. The van der Waals surface area contributed by atoms with Gasteiger partial charge in [-0.3, -0.25) is 24.6 Å². The van der Waals surface area contributed by atoms with E-state index in [0.29, 0.717) is 37.3 Å². The number of hydroxylamine groups is 1. The third-order valence-corrected chi connectivity index (χ3v) is 7.23. The molecule has 0 aromatic heterocycles. The summed E-state index contributed by atoms with van der Waals surface area (Å²) >= 11 is 0. The Morgan fingerprint density at radius 1 is 1.00 bits per heavy atom. The molecule has 8 nitrogen and oxygen atoms in total. The van der Waals surface area contributed by atoms with E-state index >= 15 is 0 Å². The van der Waals surface area contributed by atoms with Gasteiger partial charge in [-0.15, -0.1) is 0 Å². The Kier molecular flexibility index (Phi) is 7.22. The zero-order valence-corrected chi connectivity index (χ0v) is 19.9. The van der Waals surface area contributed by atoms with Crippen molar-refractivity contribution in [1.82, 2.24) is 20.8 Å². The molecule has 1 unspecified atom stereocenters. The third-order valence-electron chi connectivity index (χ3n) is 7.23. The minimum absolute atomic E-state index is 0.0747. The molecule has 1 saturated carbocycles. The molecule has 0 bridgehead atoms. The van der Waals surface area contributed by atoms with Crippen LogP contribution in [-0.4, -0.2) is 53.3 Å². The summed E-state index contributed by atoms with van der Waals surface area (Å²) in [4.78, 5) is 46.3. The van der Waals surface area contributed by atoms with Gasteiger partial charge in [0.05, 0.1) is 13.2 Å². The quantitative estimate of drug-likeness (QED) is 0.666. The molecule has 2 amide bonds. The van der Waals surface area contributed by atoms with Gasteiger partial charge in [0.2, 0.25) is 0 Å². The highest BCUT2D eigenvalue weighted by Gasteiger charge is 2.36. The average Bonchev–Trinajstić information content (AvgIpc) is 2.92. The first-order valence-corrected chi connectivity index (χ1v) is 12.5. The first-order chi connectivity index (χ1) is 17.1. The van der Waals surface area contributed by atoms with Crippen LogP contribution in [0.3, 0.4) is 0 Å². The van der Waals surface area contributed by atoms with Gasteiger partial charge in [-0.1, -0.05) is 54.8 Å². The first-order valence-electron chi connectivity index (χ1n) is 12.5. The second-order valence-electron chi connectivity index (χ2n) is 9.56. The van der Waals surface area contributed by atoms with E-state index in [1.54, 1.807) is 23.1 Å². The van der Waals surface area contributed by atoms with Crippen LogP contribution in [0.1, 0.15) is 63.9 Å². The number of benzene rings is 2. The number of nitrogens with zero attached hydrogens (tertiary/aromatic N) is 2. The zero-order chi connectivity index (χ0) is 24.2. The molecular weight excluding hydrogens is 444 g/mol. The van der Waals surface area contributed by atoms with Gasteiger partial charge in [0.15, 0.2) is 5.78 Å². The number of carbonyl (C=O) groups is 3. The van der Waals surface area contributed by atoms with E-state index in [1.165, 1.54) is 11.6 Å². The molecule has 1 saturated heterocycles. The number of nitrogens with one attached hydrogen (secondary N) is 2. The van der Waals surface area contributed by atoms with E-state index in [-0.39, 0.29) is 30.1 Å². The molecule has 2 aromatic rings. The van der Waals surface area contributed by atoms with Gasteiger partial charge in [-0.25, -0.2) is 0 Å². The highest BCUT2D eigenvalue weighted by atomic mass is 16.7. The summed E-state index contributed by atoms with van der Waals surface area (Å²) in [5.74, 6) is -0.0136. The van der Waals surface area contributed by atoms with Gasteiger partial charge in [0.1, 0.15) is 6.04 Å². The number of carbonyl (C=O) groups excluding carboxylic acids is 3. The molecule has 0 radical (unpaired) electrons. The molecule has 3 aliphatic rings. The molecule has 2 heterocycles. The number of piperazine rings is 1. The van der Waals surface area contributed by atoms with Gasteiger partial charge >= 0.3 is 0 Å². The van der Waals surface area contributed by atoms with Crippen molar-refractivity contribution in [3.63, 3.8) is 0 Å². The highest BCUT2D eigenvalue weighted by Crippen LogP contribution is 2.27. The second-order valence-corrected chi connectivity index (χ2v) is 9.56. The lowest BCUT2D eigenvalue weighted by Gasteiger charge is -2.37. The minimum Gasteiger partial charge on any atom is -0.326 e. The van der Waals surface area contributed by atoms with Crippen LogP contribution in [0.5, 0.6) is 0 Å². The molecule has 2 N–H and O–H groups in total. The van der Waals surface area contributed by atoms with Crippen LogP contribution < -0.4 is 10.7 Å². The van der Waals surface area contributed by atoms with Gasteiger partial charge in [0.25, 0.3) is 11.8 Å². The fraction of sp³-hybridized carbons (Fsp3) is 0.444. The predicted molar refractivity (Wildman–Crippen MR) is 130 cm³/mol. The summed E-state index contributed by atoms with van der Waals surface area (Å²) in [5, 5.41) is 4.73. The van der Waals surface area contributed by atoms with Gasteiger partial charge < -0.3 is 10.2 Å². The molecule has 2 aliphatic heterocycles. The smallest absolute Gasteiger partial charge is 0.267 e. The minimum atomic E-state index is -0.395. The number of fused-ring (bicyclic) bond motifs is 1. The molecule has 2 fully saturated rings. The number of hydrogen-bond acceptors (Lipinski definition) is 6. The zero-order valence-electron chi connectivity index (χ0n) is 19.9. The van der Waals surface area contributed by atoms with E-state index in [4.69, 9.17) is 4.84 Å². The topological polar surface area (TPSA) is 91.0 Å². The van der Waals surface area contributed by atoms with Crippen molar-refractivity contribution in [1.29, 1.82) is 0 Å². The van der Waals surface area contributed by atoms with Crippen molar-refractivity contribution >= 4 is 17.6 Å². The summed E-state index contributed by atoms with van der Waals surface area (Å²) in [6, 6.07) is 14.3. The molecule has 184 valence electrons. The Labute approximate surface area is 205 Å². The number of ketones is 1. The Balaban J connectivity index is 1.20. The normalized spacial score (nSPS) is 21.3. The number of hydrazine groups is 1. The lowest BCUT2D eigenvalue weighted by molar-refractivity contribution is -0.205. The van der Waals surface area contributed by atoms with Crippen molar-refractivity contribution in [2.45, 2.75) is 51.3 Å². The molecule has 5 rings (SSSR count). The van der Waals surface area contributed by atoms with Crippen LogP contribution in [0, 0.1) is 5.92 Å². The standard InChI is InChI=1S/C27H32N4O4/c32-25(20-6-2-1-3-7-20)24-16-28-14-15-30(24)27(34)21-12-10-19(11-13-21)18-35-31-17-22-8-4-5-9-23(22)26(33)29-31/h4-5,8-13,20,24,28H,1-3,6-7,14-18H2,(H,29,33). The van der Waals surface area contributed by atoms with Crippen LogP contribution in [0.15, 0.2) is 48.5 Å². The fourth-order valence-electron chi connectivity index (χ4n) is 5.25. The molecule has 1 aliphatic carbocycles. The predicted octanol–water partition coefficient (Wildman–Crippen LogP) is 2.84. The molecule has 1 atom stereocenters. The Bertz CT molecular complexity index is 1080. The van der Waals surface area contributed by atoms with Crippen LogP contribution in [0.2, 0.25) is 0 Å². The number of Topliss-reactive ketones (excluding diaryl/α,β-unsaturated/α-hetero) is 1. The lowest BCUT2D eigenvalue weighted by Crippen LogP contribution is -2.58. The number of hydrogen-bond donors (Lipinski definition) is 2. The molecule has 8 heteroatoms. The Morgan fingerprint density at radius 3 is 2.57 bits per heavy atom. The van der Waals surface area contributed by atoms with E-state index in [9.17, 15) is 14.4 Å². The van der Waals surface area contributed by atoms with E-state index in [2.05, 4.69) is 10.7 Å². The van der Waals surface area contributed by atoms with E-state index in [0.717, 1.165) is 36.8 Å². The second kappa shape index (κ2) is 10.7. The monoisotopic (exact) mass is 476 g/mol. The van der Waals surface area contributed by atoms with Crippen LogP contribution in [-0.2, 0) is 22.8 Å². The maximum absolute atomic E-state index is 13.3. The van der Waals surface area contributed by atoms with Gasteiger partial charge in [0, 0.05) is 36.7 Å². The Hall–Kier alpha value is -3.07. The van der Waals surface area contributed by atoms with Crippen LogP contribution in [0.25, 0.3) is 0 Å². The van der Waals surface area contributed by atoms with Gasteiger partial charge in [-0.2, -0.15) is 0 Å². The van der Waals surface area contributed by atoms with Crippen molar-refractivity contribution in [3.8, 4) is 0 Å².